The van der Waals surface area contributed by atoms with Gasteiger partial charge in [-0.05, 0) is 30.7 Å². The normalized spacial score (nSPS) is 15.9. The summed E-state index contributed by atoms with van der Waals surface area (Å²) in [6.07, 6.45) is -2.83. The van der Waals surface area contributed by atoms with Gasteiger partial charge in [-0.3, -0.25) is 14.2 Å². The molecule has 0 unspecified atom stereocenters. The van der Waals surface area contributed by atoms with Crippen molar-refractivity contribution in [2.24, 2.45) is 0 Å². The molecule has 2 aromatic carbocycles. The Kier molecular flexibility index (Phi) is 6.63. The lowest BCUT2D eigenvalue weighted by Gasteiger charge is -2.17. The molecule has 37 heavy (non-hydrogen) atoms. The molecule has 0 aliphatic carbocycles. The molecule has 5 rings (SSSR count). The first-order chi connectivity index (χ1) is 17.7. The number of alkyl halides is 3. The molecule has 2 aromatic heterocycles. The van der Waals surface area contributed by atoms with Crippen LogP contribution in [0.1, 0.15) is 18.6 Å². The molecule has 0 saturated carbocycles. The monoisotopic (exact) mass is 531 g/mol. The van der Waals surface area contributed by atoms with Crippen molar-refractivity contribution in [2.75, 3.05) is 13.1 Å². The number of nitrogens with zero attached hydrogens (tertiary/aromatic N) is 4. The Morgan fingerprint density at radius 2 is 1.89 bits per heavy atom. The number of aromatic nitrogens is 3. The van der Waals surface area contributed by atoms with E-state index in [1.165, 1.54) is 4.90 Å². The van der Waals surface area contributed by atoms with Crippen LogP contribution in [-0.2, 0) is 16.0 Å². The second kappa shape index (κ2) is 9.89. The first kappa shape index (κ1) is 24.8. The highest BCUT2D eigenvalue weighted by Crippen LogP contribution is 2.29. The Bertz CT molecular complexity index is 1450. The molecular formula is C25H21ClF3N5O3. The van der Waals surface area contributed by atoms with Crippen LogP contribution in [0, 0.1) is 0 Å². The van der Waals surface area contributed by atoms with Gasteiger partial charge >= 0.3 is 18.1 Å². The number of hydrogen-bond acceptors (Lipinski definition) is 5. The molecule has 0 radical (unpaired) electrons. The van der Waals surface area contributed by atoms with Gasteiger partial charge in [0.25, 0.3) is 0 Å². The zero-order valence-corrected chi connectivity index (χ0v) is 20.1. The van der Waals surface area contributed by atoms with Crippen LogP contribution in [0.2, 0.25) is 5.02 Å². The highest BCUT2D eigenvalue weighted by Gasteiger charge is 2.41. The third kappa shape index (κ3) is 5.31. The summed E-state index contributed by atoms with van der Waals surface area (Å²) in [6, 6.07) is 14.1. The van der Waals surface area contributed by atoms with Crippen molar-refractivity contribution >= 4 is 34.4 Å². The highest BCUT2D eigenvalue weighted by molar-refractivity contribution is 6.30. The maximum Gasteiger partial charge on any atom is 0.471 e. The largest absolute Gasteiger partial charge is 0.471 e. The van der Waals surface area contributed by atoms with Crippen molar-refractivity contribution in [3.8, 4) is 17.3 Å². The summed E-state index contributed by atoms with van der Waals surface area (Å²) < 4.78 is 45.4. The number of nitrogens with one attached hydrogen (secondary N) is 1. The maximum atomic E-state index is 12.8. The van der Waals surface area contributed by atoms with Crippen LogP contribution in [0.4, 0.5) is 13.2 Å². The number of amides is 2. The molecule has 1 N–H and O–H groups in total. The summed E-state index contributed by atoms with van der Waals surface area (Å²) in [7, 11) is 0. The van der Waals surface area contributed by atoms with Gasteiger partial charge in [-0.2, -0.15) is 18.2 Å². The van der Waals surface area contributed by atoms with Gasteiger partial charge in [-0.25, -0.2) is 4.98 Å². The molecule has 12 heteroatoms. The van der Waals surface area contributed by atoms with Gasteiger partial charge in [-0.1, -0.05) is 35.9 Å². The van der Waals surface area contributed by atoms with Crippen LogP contribution in [0.5, 0.6) is 0 Å². The minimum absolute atomic E-state index is 0.0212. The average Bonchev–Trinajstić information content (AvgIpc) is 3.60. The predicted octanol–water partition coefficient (Wildman–Crippen LogP) is 4.55. The number of aryl methyl sites for hydroxylation is 1. The number of benzene rings is 2. The van der Waals surface area contributed by atoms with Crippen LogP contribution in [0.3, 0.4) is 0 Å². The van der Waals surface area contributed by atoms with Crippen molar-refractivity contribution in [1.29, 1.82) is 0 Å². The van der Waals surface area contributed by atoms with E-state index < -0.39 is 18.1 Å². The quantitative estimate of drug-likeness (QED) is 0.394. The maximum absolute atomic E-state index is 12.8. The number of para-hydroxylation sites is 2. The lowest BCUT2D eigenvalue weighted by molar-refractivity contribution is -0.174. The van der Waals surface area contributed by atoms with Gasteiger partial charge < -0.3 is 14.6 Å². The number of oxazole rings is 1. The van der Waals surface area contributed by atoms with Crippen LogP contribution in [0.25, 0.3) is 28.3 Å². The van der Waals surface area contributed by atoms with Gasteiger partial charge in [0.2, 0.25) is 5.91 Å². The van der Waals surface area contributed by atoms with E-state index in [0.717, 1.165) is 16.6 Å². The third-order valence-electron chi connectivity index (χ3n) is 6.16. The number of fused-ring (bicyclic) bond motifs is 1. The summed E-state index contributed by atoms with van der Waals surface area (Å²) in [4.78, 5) is 34.6. The minimum atomic E-state index is -4.96. The molecule has 1 atom stereocenters. The lowest BCUT2D eigenvalue weighted by Crippen LogP contribution is -2.44. The van der Waals surface area contributed by atoms with E-state index in [9.17, 15) is 22.8 Å². The van der Waals surface area contributed by atoms with E-state index in [4.69, 9.17) is 16.0 Å². The molecule has 0 bridgehead atoms. The van der Waals surface area contributed by atoms with Gasteiger partial charge in [0.15, 0.2) is 0 Å². The standard InChI is InChI=1S/C25H21ClF3N5O3/c26-16-7-5-15(6-8-16)22-20(37-24(32-22)34-14-30-18-3-1-2-4-19(18)34)9-10-21(35)33-12-11-17(13-33)31-23(36)25(27,28)29/h1-8,14,17H,9-13H2,(H,31,36)/t17-/m0/s1. The molecule has 192 valence electrons. The Morgan fingerprint density at radius 1 is 1.14 bits per heavy atom. The fraction of sp³-hybridized carbons (Fsp3) is 0.280. The Labute approximate surface area is 214 Å². The molecule has 1 aliphatic heterocycles. The van der Waals surface area contributed by atoms with Gasteiger partial charge in [0.05, 0.1) is 11.0 Å². The van der Waals surface area contributed by atoms with E-state index in [1.807, 2.05) is 29.6 Å². The number of likely N-dealkylation sites (tertiary alicyclic amines) is 1. The highest BCUT2D eigenvalue weighted by atomic mass is 35.5. The Hall–Kier alpha value is -3.86. The minimum Gasteiger partial charge on any atom is -0.427 e. The first-order valence-corrected chi connectivity index (χ1v) is 11.9. The summed E-state index contributed by atoms with van der Waals surface area (Å²) in [5, 5.41) is 2.50. The van der Waals surface area contributed by atoms with Gasteiger partial charge in [-0.15, -0.1) is 0 Å². The Morgan fingerprint density at radius 3 is 2.65 bits per heavy atom. The number of hydrogen-bond donors (Lipinski definition) is 1. The average molecular weight is 532 g/mol. The van der Waals surface area contributed by atoms with E-state index in [2.05, 4.69) is 9.97 Å². The summed E-state index contributed by atoms with van der Waals surface area (Å²) in [6.45, 7) is 0.279. The number of rotatable bonds is 6. The van der Waals surface area contributed by atoms with E-state index >= 15 is 0 Å². The SMILES string of the molecule is O=C(CCc1oc(-n2cnc3ccccc32)nc1-c1ccc(Cl)cc1)N1CC[C@H](NC(=O)C(F)(F)F)C1. The molecule has 0 spiro atoms. The molecule has 4 aromatic rings. The summed E-state index contributed by atoms with van der Waals surface area (Å²) in [5.74, 6) is -1.78. The van der Waals surface area contributed by atoms with Crippen molar-refractivity contribution in [1.82, 2.24) is 24.8 Å². The molecule has 1 fully saturated rings. The second-order valence-electron chi connectivity index (χ2n) is 8.67. The molecular weight excluding hydrogens is 511 g/mol. The smallest absolute Gasteiger partial charge is 0.427 e. The van der Waals surface area contributed by atoms with Gasteiger partial charge in [0.1, 0.15) is 17.8 Å². The second-order valence-corrected chi connectivity index (χ2v) is 9.11. The predicted molar refractivity (Wildman–Crippen MR) is 129 cm³/mol. The van der Waals surface area contributed by atoms with E-state index in [0.29, 0.717) is 16.5 Å². The molecule has 8 nitrogen and oxygen atoms in total. The number of carbonyl (C=O) groups is 2. The lowest BCUT2D eigenvalue weighted by atomic mass is 10.1. The van der Waals surface area contributed by atoms with Crippen molar-refractivity contribution in [3.05, 3.63) is 65.6 Å². The topological polar surface area (TPSA) is 93.3 Å². The fourth-order valence-corrected chi connectivity index (χ4v) is 4.43. The van der Waals surface area contributed by atoms with E-state index in [1.54, 1.807) is 35.2 Å². The number of halogens is 4. The van der Waals surface area contributed by atoms with Crippen molar-refractivity contribution in [3.63, 3.8) is 0 Å². The zero-order chi connectivity index (χ0) is 26.2. The molecule has 1 saturated heterocycles. The van der Waals surface area contributed by atoms with Crippen molar-refractivity contribution < 1.29 is 27.2 Å². The van der Waals surface area contributed by atoms with E-state index in [-0.39, 0.29) is 44.3 Å². The number of carbonyl (C=O) groups excluding carboxylic acids is 2. The molecule has 3 heterocycles. The number of imidazole rings is 1. The van der Waals surface area contributed by atoms with Crippen molar-refractivity contribution in [2.45, 2.75) is 31.5 Å². The summed E-state index contributed by atoms with van der Waals surface area (Å²) >= 11 is 6.04. The Balaban J connectivity index is 1.34. The van der Waals surface area contributed by atoms with Crippen LogP contribution in [0.15, 0.2) is 59.3 Å². The summed E-state index contributed by atoms with van der Waals surface area (Å²) in [5.41, 5.74) is 2.88. The first-order valence-electron chi connectivity index (χ1n) is 11.5. The van der Waals surface area contributed by atoms with Crippen LogP contribution in [-0.4, -0.2) is 56.6 Å². The van der Waals surface area contributed by atoms with Crippen LogP contribution < -0.4 is 5.32 Å². The zero-order valence-electron chi connectivity index (χ0n) is 19.3. The fourth-order valence-electron chi connectivity index (χ4n) is 4.31. The molecule has 1 aliphatic rings. The third-order valence-corrected chi connectivity index (χ3v) is 6.41. The van der Waals surface area contributed by atoms with Crippen LogP contribution >= 0.6 is 11.6 Å². The molecule has 2 amide bonds. The van der Waals surface area contributed by atoms with Gasteiger partial charge in [0, 0.05) is 42.6 Å².